The Morgan fingerprint density at radius 2 is 1.78 bits per heavy atom. The number of rotatable bonds is 14. The predicted molar refractivity (Wildman–Crippen MR) is 130 cm³/mol. The Hall–Kier alpha value is -0.530. The molecule has 0 spiro atoms. The van der Waals surface area contributed by atoms with Gasteiger partial charge in [-0.1, -0.05) is 95.7 Å². The quantitative estimate of drug-likeness (QED) is 0.128. The third-order valence-corrected chi connectivity index (χ3v) is 4.61. The van der Waals surface area contributed by atoms with Gasteiger partial charge in [0.05, 0.1) is 6.10 Å². The van der Waals surface area contributed by atoms with E-state index in [4.69, 9.17) is 9.05 Å². The number of hydrogen-bond acceptors (Lipinski definition) is 2. The second kappa shape index (κ2) is 21.8. The molecule has 5 heteroatoms. The van der Waals surface area contributed by atoms with Gasteiger partial charge in [0.2, 0.25) is 0 Å². The zero-order valence-electron chi connectivity index (χ0n) is 16.6. The van der Waals surface area contributed by atoms with Crippen LogP contribution in [-0.2, 0) is 9.05 Å². The first-order chi connectivity index (χ1) is 13.3. The molecule has 5 atom stereocenters. The van der Waals surface area contributed by atoms with Crippen LogP contribution in [-0.4, -0.2) is 12.2 Å². The molecule has 0 aliphatic rings. The van der Waals surface area contributed by atoms with E-state index in [1.165, 1.54) is 6.42 Å². The highest BCUT2D eigenvalue weighted by molar-refractivity contribution is 8.00. The minimum atomic E-state index is -0.0445. The summed E-state index contributed by atoms with van der Waals surface area (Å²) in [5.74, 6) is 6.19. The molecule has 0 radical (unpaired) electrons. The van der Waals surface area contributed by atoms with E-state index in [-0.39, 0.29) is 12.2 Å². The van der Waals surface area contributed by atoms with Crippen LogP contribution in [0, 0.1) is 11.8 Å². The summed E-state index contributed by atoms with van der Waals surface area (Å²) in [5.41, 5.74) is 0. The molecule has 0 N–H and O–H groups in total. The summed E-state index contributed by atoms with van der Waals surface area (Å²) in [6.45, 7) is 4.31. The fraction of sp³-hybridized carbons (Fsp3) is 0.455. The first-order valence-corrected chi connectivity index (χ1v) is 12.7. The van der Waals surface area contributed by atoms with Gasteiger partial charge in [-0.3, -0.25) is 0 Å². The molecule has 2 nitrogen and oxygen atoms in total. The number of hydrogen-bond donors (Lipinski definition) is 0. The second-order valence-electron chi connectivity index (χ2n) is 5.75. The third kappa shape index (κ3) is 18.6. The molecule has 0 saturated carbocycles. The molecule has 0 rings (SSSR count). The molecule has 0 bridgehead atoms. The largest absolute Gasteiger partial charge is 0.358 e. The molecular formula is C22H35O2P3. The molecule has 3 unspecified atom stereocenters. The predicted octanol–water partition coefficient (Wildman–Crippen LogP) is 7.10. The standard InChI is InChI=1S/C22H35O2P3/c1-3-5-7-8-9-10-14-17-21(23-25)18-15-11-12-16-20-22(24-27-26)19-13-6-4-2/h6-8,10-15,18,21-22,27H,3-5,9,17,19,25-26H2,1-2H3/b8-7-,12-11+,13-6-,14-10-,18-15+/t21-,22+/m1/s1. The van der Waals surface area contributed by atoms with Gasteiger partial charge in [0, 0.05) is 24.4 Å². The SMILES string of the molecule is CC/C=C\C[C@@H](C#C/C=C/C=C/[C@@H](C/C=C\C/C=C\CCC)OP)OPP. The van der Waals surface area contributed by atoms with Gasteiger partial charge in [-0.25, -0.2) is 0 Å². The Balaban J connectivity index is 4.30. The molecule has 27 heavy (non-hydrogen) atoms. The Morgan fingerprint density at radius 1 is 1.00 bits per heavy atom. The van der Waals surface area contributed by atoms with Gasteiger partial charge in [0.15, 0.2) is 0 Å². The lowest BCUT2D eigenvalue weighted by Gasteiger charge is -2.06. The van der Waals surface area contributed by atoms with E-state index in [0.717, 1.165) is 32.1 Å². The van der Waals surface area contributed by atoms with Crippen LogP contribution in [0.15, 0.2) is 60.8 Å². The van der Waals surface area contributed by atoms with Crippen LogP contribution >= 0.6 is 26.9 Å². The highest BCUT2D eigenvalue weighted by Crippen LogP contribution is 2.24. The Morgan fingerprint density at radius 3 is 2.48 bits per heavy atom. The molecule has 0 aromatic heterocycles. The summed E-state index contributed by atoms with van der Waals surface area (Å²) in [6, 6.07) is 0. The average Bonchev–Trinajstić information content (AvgIpc) is 2.68. The first-order valence-electron chi connectivity index (χ1n) is 9.54. The summed E-state index contributed by atoms with van der Waals surface area (Å²) in [5, 5.41) is 0. The second-order valence-corrected chi connectivity index (χ2v) is 7.20. The van der Waals surface area contributed by atoms with Gasteiger partial charge in [0.1, 0.15) is 6.10 Å². The van der Waals surface area contributed by atoms with Crippen LogP contribution in [0.3, 0.4) is 0 Å². The van der Waals surface area contributed by atoms with E-state index in [1.807, 2.05) is 24.3 Å². The summed E-state index contributed by atoms with van der Waals surface area (Å²) >= 11 is 0. The highest BCUT2D eigenvalue weighted by atomic mass is 32.0. The van der Waals surface area contributed by atoms with Crippen LogP contribution in [0.1, 0.15) is 52.4 Å². The molecule has 0 aliphatic carbocycles. The van der Waals surface area contributed by atoms with E-state index < -0.39 is 0 Å². The van der Waals surface area contributed by atoms with Crippen LogP contribution in [0.2, 0.25) is 0 Å². The Kier molecular flexibility index (Phi) is 21.3. The van der Waals surface area contributed by atoms with Gasteiger partial charge < -0.3 is 9.05 Å². The maximum Gasteiger partial charge on any atom is 0.126 e. The van der Waals surface area contributed by atoms with Gasteiger partial charge in [-0.05, 0) is 31.8 Å². The average molecular weight is 424 g/mol. The maximum atomic E-state index is 5.62. The van der Waals surface area contributed by atoms with Crippen molar-refractivity contribution in [3.63, 3.8) is 0 Å². The van der Waals surface area contributed by atoms with Crippen molar-refractivity contribution in [2.45, 2.75) is 64.6 Å². The van der Waals surface area contributed by atoms with Gasteiger partial charge in [-0.15, -0.1) is 0 Å². The fourth-order valence-electron chi connectivity index (χ4n) is 2.00. The molecular weight excluding hydrogens is 389 g/mol. The molecule has 0 fully saturated rings. The maximum absolute atomic E-state index is 5.62. The van der Waals surface area contributed by atoms with E-state index in [2.05, 4.69) is 80.5 Å². The Labute approximate surface area is 173 Å². The van der Waals surface area contributed by atoms with Crippen LogP contribution in [0.4, 0.5) is 0 Å². The normalized spacial score (nSPS) is 15.1. The zero-order chi connectivity index (χ0) is 20.0. The van der Waals surface area contributed by atoms with Crippen molar-refractivity contribution in [1.29, 1.82) is 0 Å². The Bertz CT molecular complexity index is 539. The smallest absolute Gasteiger partial charge is 0.126 e. The zero-order valence-corrected chi connectivity index (χ0v) is 20.0. The van der Waals surface area contributed by atoms with E-state index in [9.17, 15) is 0 Å². The van der Waals surface area contributed by atoms with Crippen molar-refractivity contribution in [2.75, 3.05) is 0 Å². The van der Waals surface area contributed by atoms with Crippen LogP contribution in [0.5, 0.6) is 0 Å². The molecule has 0 heterocycles. The van der Waals surface area contributed by atoms with Gasteiger partial charge in [-0.2, -0.15) is 0 Å². The number of allylic oxidation sites excluding steroid dienone is 7. The summed E-state index contributed by atoms with van der Waals surface area (Å²) in [6.07, 6.45) is 26.9. The van der Waals surface area contributed by atoms with Crippen molar-refractivity contribution in [3.8, 4) is 11.8 Å². The highest BCUT2D eigenvalue weighted by Gasteiger charge is 2.00. The minimum absolute atomic E-state index is 0.0445. The lowest BCUT2D eigenvalue weighted by molar-refractivity contribution is 0.298. The van der Waals surface area contributed by atoms with Crippen LogP contribution in [0.25, 0.3) is 0 Å². The van der Waals surface area contributed by atoms with Crippen LogP contribution < -0.4 is 0 Å². The minimum Gasteiger partial charge on any atom is -0.358 e. The van der Waals surface area contributed by atoms with Crippen molar-refractivity contribution in [3.05, 3.63) is 60.8 Å². The third-order valence-electron chi connectivity index (χ3n) is 3.43. The van der Waals surface area contributed by atoms with Gasteiger partial charge >= 0.3 is 0 Å². The monoisotopic (exact) mass is 424 g/mol. The van der Waals surface area contributed by atoms with E-state index >= 15 is 0 Å². The molecule has 0 saturated heterocycles. The molecule has 0 aliphatic heterocycles. The molecule has 150 valence electrons. The topological polar surface area (TPSA) is 18.5 Å². The summed E-state index contributed by atoms with van der Waals surface area (Å²) in [4.78, 5) is 0. The van der Waals surface area contributed by atoms with E-state index in [1.54, 1.807) is 0 Å². The fourth-order valence-corrected chi connectivity index (χ4v) is 3.02. The summed E-state index contributed by atoms with van der Waals surface area (Å²) < 4.78 is 11.0. The van der Waals surface area contributed by atoms with E-state index in [0.29, 0.717) is 8.50 Å². The molecule has 0 aromatic rings. The lowest BCUT2D eigenvalue weighted by atomic mass is 10.2. The van der Waals surface area contributed by atoms with Crippen molar-refractivity contribution < 1.29 is 9.05 Å². The molecule has 0 amide bonds. The molecule has 0 aromatic carbocycles. The van der Waals surface area contributed by atoms with Crippen molar-refractivity contribution in [2.24, 2.45) is 0 Å². The lowest BCUT2D eigenvalue weighted by Crippen LogP contribution is -2.02. The summed E-state index contributed by atoms with van der Waals surface area (Å²) in [7, 11) is 5.31. The van der Waals surface area contributed by atoms with Crippen molar-refractivity contribution in [1.82, 2.24) is 0 Å². The first kappa shape index (κ1) is 26.5. The number of unbranched alkanes of at least 4 members (excludes halogenated alkanes) is 1. The van der Waals surface area contributed by atoms with Gasteiger partial charge in [0.25, 0.3) is 0 Å². The van der Waals surface area contributed by atoms with Crippen molar-refractivity contribution >= 4 is 26.9 Å².